The third-order valence-electron chi connectivity index (χ3n) is 4.18. The van der Waals surface area contributed by atoms with Crippen LogP contribution < -0.4 is 20.1 Å². The summed E-state index contributed by atoms with van der Waals surface area (Å²) in [5.41, 5.74) is 2.73. The van der Waals surface area contributed by atoms with Crippen LogP contribution in [0.5, 0.6) is 11.5 Å². The molecule has 3 aliphatic rings. The Morgan fingerprint density at radius 1 is 1.14 bits per heavy atom. The first kappa shape index (κ1) is 13.6. The van der Waals surface area contributed by atoms with Crippen molar-refractivity contribution >= 4 is 23.1 Å². The zero-order valence-corrected chi connectivity index (χ0v) is 12.8. The van der Waals surface area contributed by atoms with Gasteiger partial charge in [-0.25, -0.2) is 0 Å². The Balaban J connectivity index is 1.77. The SMILES string of the molecule is O=C1CCCC2=C1[C@@H](c1ccc3c(c1)OCCO3)NC(=S)N2. The number of fused-ring (bicyclic) bond motifs is 1. The standard InChI is InChI=1S/C16H16N2O3S/c19-11-3-1-2-10-14(11)15(18-16(22)17-10)9-4-5-12-13(8-9)21-7-6-20-12/h4-5,8,15H,1-3,6-7H2,(H2,17,18,22)/t15-/m1/s1. The van der Waals surface area contributed by atoms with Crippen LogP contribution in [0, 0.1) is 0 Å². The van der Waals surface area contributed by atoms with E-state index in [-0.39, 0.29) is 11.8 Å². The van der Waals surface area contributed by atoms with Gasteiger partial charge in [0.15, 0.2) is 22.4 Å². The molecule has 0 bridgehead atoms. The summed E-state index contributed by atoms with van der Waals surface area (Å²) in [6.07, 6.45) is 2.33. The Morgan fingerprint density at radius 3 is 2.82 bits per heavy atom. The van der Waals surface area contributed by atoms with E-state index in [1.165, 1.54) is 0 Å². The van der Waals surface area contributed by atoms with Gasteiger partial charge in [0.05, 0.1) is 6.04 Å². The molecule has 22 heavy (non-hydrogen) atoms. The molecule has 1 aliphatic carbocycles. The van der Waals surface area contributed by atoms with Crippen molar-refractivity contribution in [2.24, 2.45) is 0 Å². The Bertz CT molecular complexity index is 699. The van der Waals surface area contributed by atoms with Gasteiger partial charge in [0, 0.05) is 17.7 Å². The topological polar surface area (TPSA) is 59.6 Å². The van der Waals surface area contributed by atoms with Gasteiger partial charge in [-0.3, -0.25) is 4.79 Å². The molecule has 2 N–H and O–H groups in total. The van der Waals surface area contributed by atoms with Crippen LogP contribution >= 0.6 is 12.2 Å². The largest absolute Gasteiger partial charge is 0.486 e. The van der Waals surface area contributed by atoms with Crippen LogP contribution in [-0.2, 0) is 4.79 Å². The summed E-state index contributed by atoms with van der Waals surface area (Å²) >= 11 is 5.29. The van der Waals surface area contributed by atoms with Crippen molar-refractivity contribution < 1.29 is 14.3 Å². The molecule has 0 amide bonds. The van der Waals surface area contributed by atoms with Crippen LogP contribution in [0.1, 0.15) is 30.9 Å². The Labute approximate surface area is 133 Å². The molecule has 0 spiro atoms. The van der Waals surface area contributed by atoms with Gasteiger partial charge in [0.1, 0.15) is 13.2 Å². The lowest BCUT2D eigenvalue weighted by Gasteiger charge is -2.34. The second-order valence-corrected chi connectivity index (χ2v) is 6.01. The number of hydrogen-bond donors (Lipinski definition) is 2. The molecule has 0 radical (unpaired) electrons. The maximum Gasteiger partial charge on any atom is 0.171 e. The average Bonchev–Trinajstić information content (AvgIpc) is 2.53. The molecule has 0 saturated carbocycles. The fraction of sp³-hybridized carbons (Fsp3) is 0.375. The van der Waals surface area contributed by atoms with Crippen LogP contribution in [0.2, 0.25) is 0 Å². The van der Waals surface area contributed by atoms with Crippen molar-refractivity contribution in [2.45, 2.75) is 25.3 Å². The molecule has 1 atom stereocenters. The predicted molar refractivity (Wildman–Crippen MR) is 84.9 cm³/mol. The van der Waals surface area contributed by atoms with E-state index in [1.54, 1.807) is 0 Å². The van der Waals surface area contributed by atoms with E-state index in [1.807, 2.05) is 18.2 Å². The third-order valence-corrected chi connectivity index (χ3v) is 4.40. The van der Waals surface area contributed by atoms with Gasteiger partial charge in [0.2, 0.25) is 0 Å². The molecule has 0 unspecified atom stereocenters. The van der Waals surface area contributed by atoms with Crippen LogP contribution in [0.3, 0.4) is 0 Å². The van der Waals surface area contributed by atoms with E-state index >= 15 is 0 Å². The number of benzene rings is 1. The first-order valence-electron chi connectivity index (χ1n) is 7.46. The van der Waals surface area contributed by atoms with Crippen LogP contribution in [0.4, 0.5) is 0 Å². The van der Waals surface area contributed by atoms with Crippen molar-refractivity contribution in [2.75, 3.05) is 13.2 Å². The lowest BCUT2D eigenvalue weighted by molar-refractivity contribution is -0.116. The summed E-state index contributed by atoms with van der Waals surface area (Å²) in [5.74, 6) is 1.65. The first-order valence-corrected chi connectivity index (χ1v) is 7.86. The van der Waals surface area contributed by atoms with Gasteiger partial charge >= 0.3 is 0 Å². The van der Waals surface area contributed by atoms with Crippen LogP contribution in [0.15, 0.2) is 29.5 Å². The number of ether oxygens (including phenoxy) is 2. The van der Waals surface area contributed by atoms with Gasteiger partial charge in [-0.2, -0.15) is 0 Å². The molecule has 0 fully saturated rings. The van der Waals surface area contributed by atoms with Gasteiger partial charge in [-0.1, -0.05) is 6.07 Å². The summed E-state index contributed by atoms with van der Waals surface area (Å²) in [7, 11) is 0. The number of allylic oxidation sites excluding steroid dienone is 1. The van der Waals surface area contributed by atoms with Gasteiger partial charge in [-0.15, -0.1) is 0 Å². The molecule has 6 heteroatoms. The molecule has 1 aromatic rings. The summed E-state index contributed by atoms with van der Waals surface area (Å²) in [6, 6.07) is 5.58. The number of carbonyl (C=O) groups excluding carboxylic acids is 1. The zero-order chi connectivity index (χ0) is 15.1. The second kappa shape index (κ2) is 5.28. The fourth-order valence-electron chi connectivity index (χ4n) is 3.19. The van der Waals surface area contributed by atoms with E-state index in [0.717, 1.165) is 41.2 Å². The summed E-state index contributed by atoms with van der Waals surface area (Å²) in [4.78, 5) is 12.4. The molecule has 2 aliphatic heterocycles. The van der Waals surface area contributed by atoms with Gasteiger partial charge in [-0.05, 0) is 42.8 Å². The number of Topliss-reactive ketones (excluding diaryl/α,β-unsaturated/α-hetero) is 1. The van der Waals surface area contributed by atoms with Gasteiger partial charge < -0.3 is 20.1 Å². The molecule has 2 heterocycles. The molecule has 5 nitrogen and oxygen atoms in total. The summed E-state index contributed by atoms with van der Waals surface area (Å²) in [6.45, 7) is 1.11. The Hall–Kier alpha value is -2.08. The van der Waals surface area contributed by atoms with Crippen molar-refractivity contribution in [3.8, 4) is 11.5 Å². The number of carbonyl (C=O) groups is 1. The summed E-state index contributed by atoms with van der Waals surface area (Å²) in [5, 5.41) is 6.91. The van der Waals surface area contributed by atoms with Crippen LogP contribution in [-0.4, -0.2) is 24.1 Å². The normalized spacial score (nSPS) is 23.5. The number of ketones is 1. The highest BCUT2D eigenvalue weighted by Gasteiger charge is 2.33. The molecular weight excluding hydrogens is 300 g/mol. The highest BCUT2D eigenvalue weighted by molar-refractivity contribution is 7.80. The second-order valence-electron chi connectivity index (χ2n) is 5.60. The highest BCUT2D eigenvalue weighted by atomic mass is 32.1. The third kappa shape index (κ3) is 2.23. The average molecular weight is 316 g/mol. The lowest BCUT2D eigenvalue weighted by Crippen LogP contribution is -2.46. The highest BCUT2D eigenvalue weighted by Crippen LogP contribution is 2.38. The quantitative estimate of drug-likeness (QED) is 0.773. The van der Waals surface area contributed by atoms with E-state index in [4.69, 9.17) is 21.7 Å². The van der Waals surface area contributed by atoms with Crippen molar-refractivity contribution in [1.82, 2.24) is 10.6 Å². The smallest absolute Gasteiger partial charge is 0.171 e. The Kier molecular flexibility index (Phi) is 3.26. The number of thiocarbonyl (C=S) groups is 1. The van der Waals surface area contributed by atoms with E-state index in [9.17, 15) is 4.79 Å². The molecule has 0 saturated heterocycles. The minimum atomic E-state index is -0.215. The molecule has 1 aromatic carbocycles. The Morgan fingerprint density at radius 2 is 1.95 bits per heavy atom. The number of rotatable bonds is 1. The fourth-order valence-corrected chi connectivity index (χ4v) is 3.44. The summed E-state index contributed by atoms with van der Waals surface area (Å²) < 4.78 is 11.2. The zero-order valence-electron chi connectivity index (χ0n) is 12.0. The van der Waals surface area contributed by atoms with E-state index in [2.05, 4.69) is 10.6 Å². The minimum absolute atomic E-state index is 0.184. The van der Waals surface area contributed by atoms with Gasteiger partial charge in [0.25, 0.3) is 0 Å². The lowest BCUT2D eigenvalue weighted by atomic mass is 9.85. The molecule has 4 rings (SSSR count). The number of hydrogen-bond acceptors (Lipinski definition) is 4. The van der Waals surface area contributed by atoms with Crippen LogP contribution in [0.25, 0.3) is 0 Å². The van der Waals surface area contributed by atoms with E-state index in [0.29, 0.717) is 24.7 Å². The van der Waals surface area contributed by atoms with Crippen molar-refractivity contribution in [3.63, 3.8) is 0 Å². The molecule has 0 aromatic heterocycles. The molecule has 114 valence electrons. The van der Waals surface area contributed by atoms with Crippen molar-refractivity contribution in [1.29, 1.82) is 0 Å². The predicted octanol–water partition coefficient (Wildman–Crippen LogP) is 1.98. The maximum atomic E-state index is 12.4. The first-order chi connectivity index (χ1) is 10.7. The monoisotopic (exact) mass is 316 g/mol. The minimum Gasteiger partial charge on any atom is -0.486 e. The maximum absolute atomic E-state index is 12.4. The van der Waals surface area contributed by atoms with Crippen molar-refractivity contribution in [3.05, 3.63) is 35.0 Å². The van der Waals surface area contributed by atoms with E-state index < -0.39 is 0 Å². The number of nitrogens with one attached hydrogen (secondary N) is 2. The molecular formula is C16H16N2O3S.